The zero-order valence-electron chi connectivity index (χ0n) is 12.2. The van der Waals surface area contributed by atoms with Gasteiger partial charge in [0.15, 0.2) is 0 Å². The Bertz CT molecular complexity index is 400. The molecule has 2 fully saturated rings. The molecule has 0 aromatic carbocycles. The fraction of sp³-hybridized carbons (Fsp3) is 0.812. The van der Waals surface area contributed by atoms with E-state index >= 15 is 0 Å². The Morgan fingerprint density at radius 3 is 2.74 bits per heavy atom. The number of aromatic nitrogens is 2. The Morgan fingerprint density at radius 2 is 2.11 bits per heavy atom. The lowest BCUT2D eigenvalue weighted by Crippen LogP contribution is -2.41. The summed E-state index contributed by atoms with van der Waals surface area (Å²) in [4.78, 5) is 0. The lowest BCUT2D eigenvalue weighted by molar-refractivity contribution is 0.129. The monoisotopic (exact) mass is 261 g/mol. The fourth-order valence-electron chi connectivity index (χ4n) is 3.71. The van der Waals surface area contributed by atoms with Gasteiger partial charge in [0.25, 0.3) is 0 Å². The standard InChI is InChI=1S/C16H27N3/c1-2-17-13-16(9-5-10-16)12-14-8-11-19(18-14)15-6-3-4-7-15/h8,11,15,17H,2-7,9-10,12-13H2,1H3. The van der Waals surface area contributed by atoms with Gasteiger partial charge in [0.1, 0.15) is 0 Å². The van der Waals surface area contributed by atoms with Crippen molar-refractivity contribution in [3.05, 3.63) is 18.0 Å². The predicted octanol–water partition coefficient (Wildman–Crippen LogP) is 3.32. The lowest BCUT2D eigenvalue weighted by atomic mass is 9.66. The largest absolute Gasteiger partial charge is 0.316 e. The molecule has 3 heteroatoms. The van der Waals surface area contributed by atoms with Crippen LogP contribution in [0.4, 0.5) is 0 Å². The Morgan fingerprint density at radius 1 is 1.32 bits per heavy atom. The number of hydrogen-bond donors (Lipinski definition) is 1. The van der Waals surface area contributed by atoms with Gasteiger partial charge in [-0.2, -0.15) is 5.10 Å². The van der Waals surface area contributed by atoms with E-state index in [1.54, 1.807) is 0 Å². The molecular formula is C16H27N3. The third kappa shape index (κ3) is 2.86. The average Bonchev–Trinajstić information content (AvgIpc) is 3.02. The van der Waals surface area contributed by atoms with E-state index < -0.39 is 0 Å². The maximum Gasteiger partial charge on any atom is 0.0630 e. The highest BCUT2D eigenvalue weighted by Crippen LogP contribution is 2.43. The van der Waals surface area contributed by atoms with E-state index in [2.05, 4.69) is 29.2 Å². The van der Waals surface area contributed by atoms with Crippen molar-refractivity contribution in [2.45, 2.75) is 64.3 Å². The molecule has 0 aliphatic heterocycles. The minimum atomic E-state index is 0.505. The van der Waals surface area contributed by atoms with Crippen LogP contribution < -0.4 is 5.32 Å². The molecule has 1 heterocycles. The van der Waals surface area contributed by atoms with Crippen LogP contribution in [-0.4, -0.2) is 22.9 Å². The highest BCUT2D eigenvalue weighted by molar-refractivity contribution is 5.07. The van der Waals surface area contributed by atoms with E-state index in [1.807, 2.05) is 0 Å². The Hall–Kier alpha value is -0.830. The molecule has 0 amide bonds. The van der Waals surface area contributed by atoms with Crippen LogP contribution in [0.25, 0.3) is 0 Å². The van der Waals surface area contributed by atoms with E-state index in [9.17, 15) is 0 Å². The quantitative estimate of drug-likeness (QED) is 0.851. The van der Waals surface area contributed by atoms with Crippen LogP contribution in [0.2, 0.25) is 0 Å². The molecular weight excluding hydrogens is 234 g/mol. The van der Waals surface area contributed by atoms with E-state index in [4.69, 9.17) is 5.10 Å². The van der Waals surface area contributed by atoms with Crippen LogP contribution in [0.15, 0.2) is 12.3 Å². The molecule has 0 saturated heterocycles. The van der Waals surface area contributed by atoms with Gasteiger partial charge in [-0.15, -0.1) is 0 Å². The van der Waals surface area contributed by atoms with Crippen LogP contribution in [0.3, 0.4) is 0 Å². The van der Waals surface area contributed by atoms with E-state index in [1.165, 1.54) is 63.6 Å². The highest BCUT2D eigenvalue weighted by Gasteiger charge is 2.37. The number of nitrogens with one attached hydrogen (secondary N) is 1. The summed E-state index contributed by atoms with van der Waals surface area (Å²) < 4.78 is 2.24. The number of rotatable bonds is 6. The Kier molecular flexibility index (Phi) is 3.92. The fourth-order valence-corrected chi connectivity index (χ4v) is 3.71. The maximum absolute atomic E-state index is 4.86. The van der Waals surface area contributed by atoms with Gasteiger partial charge in [0.2, 0.25) is 0 Å². The molecule has 0 atom stereocenters. The summed E-state index contributed by atoms with van der Waals surface area (Å²) in [5, 5.41) is 8.39. The van der Waals surface area contributed by atoms with Gasteiger partial charge in [-0.3, -0.25) is 4.68 Å². The van der Waals surface area contributed by atoms with E-state index in [0.29, 0.717) is 11.5 Å². The Balaban J connectivity index is 1.62. The second kappa shape index (κ2) is 5.66. The number of hydrogen-bond acceptors (Lipinski definition) is 2. The van der Waals surface area contributed by atoms with Crippen molar-refractivity contribution < 1.29 is 0 Å². The summed E-state index contributed by atoms with van der Waals surface area (Å²) in [6.07, 6.45) is 12.9. The molecule has 1 aromatic rings. The van der Waals surface area contributed by atoms with Gasteiger partial charge in [-0.25, -0.2) is 0 Å². The van der Waals surface area contributed by atoms with E-state index in [-0.39, 0.29) is 0 Å². The molecule has 2 aliphatic carbocycles. The van der Waals surface area contributed by atoms with Crippen molar-refractivity contribution in [3.8, 4) is 0 Å². The van der Waals surface area contributed by atoms with Crippen LogP contribution in [0, 0.1) is 5.41 Å². The summed E-state index contributed by atoms with van der Waals surface area (Å²) >= 11 is 0. The molecule has 0 unspecified atom stereocenters. The molecule has 2 aliphatic rings. The molecule has 106 valence electrons. The van der Waals surface area contributed by atoms with Gasteiger partial charge in [0, 0.05) is 12.7 Å². The predicted molar refractivity (Wildman–Crippen MR) is 78.3 cm³/mol. The second-order valence-electron chi connectivity index (χ2n) is 6.54. The summed E-state index contributed by atoms with van der Waals surface area (Å²) in [5.41, 5.74) is 1.81. The van der Waals surface area contributed by atoms with Crippen molar-refractivity contribution in [1.29, 1.82) is 0 Å². The number of nitrogens with zero attached hydrogens (tertiary/aromatic N) is 2. The summed E-state index contributed by atoms with van der Waals surface area (Å²) in [6.45, 7) is 4.44. The van der Waals surface area contributed by atoms with E-state index in [0.717, 1.165) is 6.54 Å². The first-order chi connectivity index (χ1) is 9.31. The zero-order chi connectivity index (χ0) is 13.1. The van der Waals surface area contributed by atoms with Crippen LogP contribution >= 0.6 is 0 Å². The van der Waals surface area contributed by atoms with Crippen molar-refractivity contribution in [2.75, 3.05) is 13.1 Å². The molecule has 2 saturated carbocycles. The third-order valence-corrected chi connectivity index (χ3v) is 5.08. The molecule has 1 aromatic heterocycles. The molecule has 0 spiro atoms. The molecule has 3 nitrogen and oxygen atoms in total. The van der Waals surface area contributed by atoms with Crippen LogP contribution in [-0.2, 0) is 6.42 Å². The first-order valence-corrected chi connectivity index (χ1v) is 8.06. The Labute approximate surface area is 116 Å². The van der Waals surface area contributed by atoms with Gasteiger partial charge < -0.3 is 5.32 Å². The van der Waals surface area contributed by atoms with Crippen molar-refractivity contribution in [2.24, 2.45) is 5.41 Å². The minimum absolute atomic E-state index is 0.505. The zero-order valence-corrected chi connectivity index (χ0v) is 12.2. The first kappa shape index (κ1) is 13.2. The normalized spacial score (nSPS) is 22.6. The van der Waals surface area contributed by atoms with Crippen molar-refractivity contribution >= 4 is 0 Å². The summed E-state index contributed by atoms with van der Waals surface area (Å²) in [7, 11) is 0. The highest BCUT2D eigenvalue weighted by atomic mass is 15.3. The first-order valence-electron chi connectivity index (χ1n) is 8.06. The van der Waals surface area contributed by atoms with Crippen LogP contribution in [0.1, 0.15) is 63.6 Å². The van der Waals surface area contributed by atoms with Crippen LogP contribution in [0.5, 0.6) is 0 Å². The van der Waals surface area contributed by atoms with Gasteiger partial charge in [-0.1, -0.05) is 26.2 Å². The summed E-state index contributed by atoms with van der Waals surface area (Å²) in [6, 6.07) is 2.93. The molecule has 0 bridgehead atoms. The SMILES string of the molecule is CCNCC1(Cc2ccn(C3CCCC3)n2)CCC1. The third-order valence-electron chi connectivity index (χ3n) is 5.08. The molecule has 1 N–H and O–H groups in total. The molecule has 19 heavy (non-hydrogen) atoms. The molecule has 3 rings (SSSR count). The topological polar surface area (TPSA) is 29.9 Å². The van der Waals surface area contributed by atoms with Crippen molar-refractivity contribution in [1.82, 2.24) is 15.1 Å². The van der Waals surface area contributed by atoms with Gasteiger partial charge in [-0.05, 0) is 50.1 Å². The van der Waals surface area contributed by atoms with Crippen molar-refractivity contribution in [3.63, 3.8) is 0 Å². The van der Waals surface area contributed by atoms with Gasteiger partial charge in [0.05, 0.1) is 11.7 Å². The minimum Gasteiger partial charge on any atom is -0.316 e. The summed E-state index contributed by atoms with van der Waals surface area (Å²) in [5.74, 6) is 0. The average molecular weight is 261 g/mol. The molecule has 0 radical (unpaired) electrons. The maximum atomic E-state index is 4.86. The lowest BCUT2D eigenvalue weighted by Gasteiger charge is -2.42. The van der Waals surface area contributed by atoms with Gasteiger partial charge >= 0.3 is 0 Å². The second-order valence-corrected chi connectivity index (χ2v) is 6.54. The smallest absolute Gasteiger partial charge is 0.0630 e.